The van der Waals surface area contributed by atoms with E-state index in [-0.39, 0.29) is 59.2 Å². The number of carbonyl (C=O) groups excluding carboxylic acids is 4. The van der Waals surface area contributed by atoms with Crippen molar-refractivity contribution in [2.24, 2.45) is 0 Å². The molecule has 0 aliphatic carbocycles. The van der Waals surface area contributed by atoms with E-state index in [1.54, 1.807) is 0 Å². The lowest BCUT2D eigenvalue weighted by Crippen LogP contribution is -2.12. The third-order valence-corrected chi connectivity index (χ3v) is 8.32. The van der Waals surface area contributed by atoms with Crippen LogP contribution in [0.15, 0.2) is 120 Å². The zero-order chi connectivity index (χ0) is 37.0. The molecule has 4 aromatic rings. The first-order chi connectivity index (χ1) is 24.4. The van der Waals surface area contributed by atoms with Crippen LogP contribution in [0.5, 0.6) is 23.0 Å². The summed E-state index contributed by atoms with van der Waals surface area (Å²) in [7, 11) is -4.08. The van der Waals surface area contributed by atoms with Crippen molar-refractivity contribution in [3.05, 3.63) is 133 Å². The van der Waals surface area contributed by atoms with E-state index in [1.165, 1.54) is 60.7 Å². The highest BCUT2D eigenvalue weighted by atomic mass is 32.2. The van der Waals surface area contributed by atoms with Gasteiger partial charge < -0.3 is 28.4 Å². The molecule has 4 aromatic carbocycles. The van der Waals surface area contributed by atoms with Crippen LogP contribution in [0.2, 0.25) is 0 Å². The van der Waals surface area contributed by atoms with E-state index in [1.807, 2.05) is 0 Å². The number of hydrogen-bond donors (Lipinski definition) is 0. The topological polar surface area (TPSA) is 158 Å². The summed E-state index contributed by atoms with van der Waals surface area (Å²) in [4.78, 5) is 46.9. The van der Waals surface area contributed by atoms with E-state index in [0.717, 1.165) is 36.4 Å². The molecule has 4 rings (SSSR count). The summed E-state index contributed by atoms with van der Waals surface area (Å²) in [5, 5.41) is 0. The Morgan fingerprint density at radius 2 is 0.902 bits per heavy atom. The van der Waals surface area contributed by atoms with Gasteiger partial charge in [0.1, 0.15) is 61.1 Å². The predicted octanol–water partition coefficient (Wildman–Crippen LogP) is 5.45. The quantitative estimate of drug-likeness (QED) is 0.0624. The zero-order valence-corrected chi connectivity index (χ0v) is 27.4. The van der Waals surface area contributed by atoms with E-state index in [9.17, 15) is 36.4 Å². The maximum Gasteiger partial charge on any atom is 0.346 e. The first-order valence-electron chi connectivity index (χ1n) is 14.7. The number of sulfone groups is 1. The van der Waals surface area contributed by atoms with Gasteiger partial charge in [0.2, 0.25) is 9.84 Å². The number of ether oxygens (including phenoxy) is 6. The van der Waals surface area contributed by atoms with Crippen LogP contribution >= 0.6 is 0 Å². The van der Waals surface area contributed by atoms with Gasteiger partial charge in [-0.2, -0.15) is 0 Å². The Balaban J connectivity index is 1.32. The highest BCUT2D eigenvalue weighted by Gasteiger charge is 2.21. The summed E-state index contributed by atoms with van der Waals surface area (Å²) in [6.45, 7) is 6.19. The Bertz CT molecular complexity index is 1900. The number of esters is 4. The minimum atomic E-state index is -4.08. The van der Waals surface area contributed by atoms with Gasteiger partial charge >= 0.3 is 23.9 Å². The van der Waals surface area contributed by atoms with Crippen LogP contribution in [0, 0.1) is 11.6 Å². The number of rotatable bonds is 16. The second-order valence-electron chi connectivity index (χ2n) is 9.95. The maximum absolute atomic E-state index is 14.6. The lowest BCUT2D eigenvalue weighted by molar-refractivity contribution is -0.139. The molecule has 12 nitrogen and oxygen atoms in total. The van der Waals surface area contributed by atoms with Crippen LogP contribution in [0.4, 0.5) is 8.78 Å². The average Bonchev–Trinajstić information content (AvgIpc) is 3.12. The average molecular weight is 723 g/mol. The zero-order valence-electron chi connectivity index (χ0n) is 26.5. The molecule has 0 fully saturated rings. The van der Waals surface area contributed by atoms with Crippen LogP contribution in [0.3, 0.4) is 0 Å². The van der Waals surface area contributed by atoms with Crippen LogP contribution in [-0.4, -0.2) is 58.7 Å². The van der Waals surface area contributed by atoms with E-state index >= 15 is 0 Å². The fourth-order valence-corrected chi connectivity index (χ4v) is 5.32. The molecule has 0 aromatic heterocycles. The Morgan fingerprint density at radius 1 is 0.549 bits per heavy atom. The number of halogens is 2. The number of benzene rings is 4. The van der Waals surface area contributed by atoms with Crippen molar-refractivity contribution in [2.75, 3.05) is 26.4 Å². The summed E-state index contributed by atoms with van der Waals surface area (Å²) in [6, 6.07) is 16.4. The molecule has 0 aliphatic rings. The summed E-state index contributed by atoms with van der Waals surface area (Å²) < 4.78 is 85.9. The number of carbonyl (C=O) groups is 4. The Morgan fingerprint density at radius 3 is 1.24 bits per heavy atom. The lowest BCUT2D eigenvalue weighted by Gasteiger charge is -2.10. The van der Waals surface area contributed by atoms with Crippen molar-refractivity contribution >= 4 is 33.7 Å². The smallest absolute Gasteiger partial charge is 0.346 e. The summed E-state index contributed by atoms with van der Waals surface area (Å²) >= 11 is 0. The predicted molar refractivity (Wildman–Crippen MR) is 174 cm³/mol. The molecular weight excluding hydrogens is 694 g/mol. The van der Waals surface area contributed by atoms with Gasteiger partial charge in [0.05, 0.1) is 20.9 Å². The van der Waals surface area contributed by atoms with Gasteiger partial charge in [-0.3, -0.25) is 0 Å². The molecule has 0 saturated heterocycles. The Hall–Kier alpha value is -6.35. The van der Waals surface area contributed by atoms with E-state index in [2.05, 4.69) is 13.2 Å². The summed E-state index contributed by atoms with van der Waals surface area (Å²) in [5.74, 6) is -5.23. The van der Waals surface area contributed by atoms with Crippen LogP contribution in [0.25, 0.3) is 0 Å². The molecule has 0 amide bonds. The minimum absolute atomic E-state index is 0.0641. The van der Waals surface area contributed by atoms with Crippen molar-refractivity contribution in [3.8, 4) is 23.0 Å². The van der Waals surface area contributed by atoms with Gasteiger partial charge in [-0.05, 0) is 72.8 Å². The molecule has 0 heterocycles. The first-order valence-corrected chi connectivity index (χ1v) is 16.2. The molecule has 0 spiro atoms. The molecule has 0 N–H and O–H groups in total. The van der Waals surface area contributed by atoms with Gasteiger partial charge in [-0.15, -0.1) is 0 Å². The van der Waals surface area contributed by atoms with Gasteiger partial charge in [0, 0.05) is 24.3 Å². The van der Waals surface area contributed by atoms with Crippen molar-refractivity contribution in [2.45, 2.75) is 9.79 Å². The number of hydrogen-bond acceptors (Lipinski definition) is 12. The second-order valence-corrected chi connectivity index (χ2v) is 11.9. The summed E-state index contributed by atoms with van der Waals surface area (Å²) in [5.41, 5.74) is -0.820. The van der Waals surface area contributed by atoms with E-state index in [4.69, 9.17) is 28.4 Å². The third kappa shape index (κ3) is 10.3. The second kappa shape index (κ2) is 17.3. The molecule has 0 atom stereocenters. The van der Waals surface area contributed by atoms with Gasteiger partial charge in [0.25, 0.3) is 0 Å². The van der Waals surface area contributed by atoms with Crippen molar-refractivity contribution in [1.82, 2.24) is 0 Å². The molecule has 0 radical (unpaired) electrons. The monoisotopic (exact) mass is 722 g/mol. The molecule has 0 saturated carbocycles. The molecule has 51 heavy (non-hydrogen) atoms. The van der Waals surface area contributed by atoms with Gasteiger partial charge in [0.15, 0.2) is 0 Å². The SMILES string of the molecule is C=CC(=O)OCCOc1ccc(C(=O)Oc2ccc(S(=O)(=O)c3ccc(OC(=O)c4ccc(OCCOC(=O)C=C)cc4F)cc3)cc2)c(F)c1. The molecular formula is C36H28F2O12S. The van der Waals surface area contributed by atoms with Crippen LogP contribution in [0.1, 0.15) is 20.7 Å². The fraction of sp³-hybridized carbons (Fsp3) is 0.111. The normalized spacial score (nSPS) is 10.7. The summed E-state index contributed by atoms with van der Waals surface area (Å²) in [6.07, 6.45) is 1.97. The highest BCUT2D eigenvalue weighted by Crippen LogP contribution is 2.27. The van der Waals surface area contributed by atoms with E-state index in [0.29, 0.717) is 0 Å². The minimum Gasteiger partial charge on any atom is -0.490 e. The fourth-order valence-electron chi connectivity index (χ4n) is 4.06. The highest BCUT2D eigenvalue weighted by molar-refractivity contribution is 7.91. The van der Waals surface area contributed by atoms with Crippen LogP contribution in [-0.2, 0) is 28.9 Å². The van der Waals surface area contributed by atoms with Crippen molar-refractivity contribution in [1.29, 1.82) is 0 Å². The van der Waals surface area contributed by atoms with Gasteiger partial charge in [-0.1, -0.05) is 13.2 Å². The molecule has 0 bridgehead atoms. The van der Waals surface area contributed by atoms with Crippen molar-refractivity contribution in [3.63, 3.8) is 0 Å². The standard InChI is InChI=1S/C36H28F2O12S/c1-3-33(39)47-19-17-45-25-9-15-29(31(37)21-25)35(41)49-23-5-11-27(12-6-23)51(43,44)28-13-7-24(8-14-28)50-36(42)30-16-10-26(22-32(30)38)46-18-20-48-34(40)4-2/h3-16,21-22H,1-2,17-20H2. The van der Waals surface area contributed by atoms with E-state index < -0.39 is 56.5 Å². The Labute approximate surface area is 290 Å². The van der Waals surface area contributed by atoms with Crippen molar-refractivity contribution < 1.29 is 64.8 Å². The lowest BCUT2D eigenvalue weighted by atomic mass is 10.2. The molecule has 0 aliphatic heterocycles. The van der Waals surface area contributed by atoms with Gasteiger partial charge in [-0.25, -0.2) is 36.4 Å². The first kappa shape index (κ1) is 37.5. The largest absolute Gasteiger partial charge is 0.490 e. The molecule has 15 heteroatoms. The molecule has 264 valence electrons. The Kier molecular flexibility index (Phi) is 12.7. The molecule has 0 unspecified atom stereocenters. The maximum atomic E-state index is 14.6. The van der Waals surface area contributed by atoms with Crippen LogP contribution < -0.4 is 18.9 Å². The third-order valence-electron chi connectivity index (χ3n) is 6.54.